The standard InChI is InChI=1S/C6H11NO3/c1-4-10-7(3)5(2)6(8)9/h4-5H,1H2,2-3H3,(H,8,9). The first-order valence-electron chi connectivity index (χ1n) is 2.83. The Labute approximate surface area is 59.7 Å². The van der Waals surface area contributed by atoms with Crippen molar-refractivity contribution in [3.05, 3.63) is 12.8 Å². The number of carboxylic acids is 1. The van der Waals surface area contributed by atoms with Gasteiger partial charge in [-0.3, -0.25) is 4.79 Å². The molecule has 0 aliphatic heterocycles. The lowest BCUT2D eigenvalue weighted by molar-refractivity contribution is -0.162. The molecule has 0 aliphatic carbocycles. The van der Waals surface area contributed by atoms with Gasteiger partial charge in [0.05, 0.1) is 0 Å². The van der Waals surface area contributed by atoms with Crippen molar-refractivity contribution in [2.45, 2.75) is 13.0 Å². The van der Waals surface area contributed by atoms with Gasteiger partial charge >= 0.3 is 5.97 Å². The van der Waals surface area contributed by atoms with Gasteiger partial charge in [0, 0.05) is 7.05 Å². The minimum absolute atomic E-state index is 0.655. The number of likely N-dealkylation sites (N-methyl/N-ethyl adjacent to an activating group) is 1. The van der Waals surface area contributed by atoms with E-state index in [2.05, 4.69) is 11.4 Å². The van der Waals surface area contributed by atoms with Crippen LogP contribution in [-0.2, 0) is 9.63 Å². The summed E-state index contributed by atoms with van der Waals surface area (Å²) in [6.07, 6.45) is 1.18. The lowest BCUT2D eigenvalue weighted by atomic mass is 10.3. The van der Waals surface area contributed by atoms with Crippen LogP contribution >= 0.6 is 0 Å². The fourth-order valence-corrected chi connectivity index (χ4v) is 0.364. The number of aliphatic carboxylic acids is 1. The summed E-state index contributed by atoms with van der Waals surface area (Å²) in [5.74, 6) is -0.927. The Morgan fingerprint density at radius 1 is 1.90 bits per heavy atom. The molecule has 0 amide bonds. The molecule has 0 saturated carbocycles. The molecule has 0 aromatic carbocycles. The second-order valence-corrected chi connectivity index (χ2v) is 1.83. The van der Waals surface area contributed by atoms with E-state index in [0.717, 1.165) is 0 Å². The van der Waals surface area contributed by atoms with Crippen LogP contribution in [0.25, 0.3) is 0 Å². The van der Waals surface area contributed by atoms with Gasteiger partial charge in [0.1, 0.15) is 12.3 Å². The van der Waals surface area contributed by atoms with Crippen LogP contribution in [0.4, 0.5) is 0 Å². The van der Waals surface area contributed by atoms with Crippen LogP contribution in [0.2, 0.25) is 0 Å². The van der Waals surface area contributed by atoms with Crippen LogP contribution in [0.1, 0.15) is 6.92 Å². The first-order chi connectivity index (χ1) is 4.59. The Morgan fingerprint density at radius 3 is 2.70 bits per heavy atom. The molecule has 10 heavy (non-hydrogen) atoms. The summed E-state index contributed by atoms with van der Waals surface area (Å²) in [7, 11) is 1.53. The maximum Gasteiger partial charge on any atom is 0.324 e. The van der Waals surface area contributed by atoms with E-state index in [1.807, 2.05) is 0 Å². The Bertz CT molecular complexity index is 135. The summed E-state index contributed by atoms with van der Waals surface area (Å²) in [5, 5.41) is 9.63. The number of hydrogen-bond acceptors (Lipinski definition) is 3. The maximum atomic E-state index is 10.3. The molecule has 1 atom stereocenters. The van der Waals surface area contributed by atoms with Crippen LogP contribution in [0.3, 0.4) is 0 Å². The van der Waals surface area contributed by atoms with Crippen molar-refractivity contribution >= 4 is 5.97 Å². The molecule has 0 aromatic heterocycles. The van der Waals surface area contributed by atoms with Gasteiger partial charge in [-0.05, 0) is 6.92 Å². The number of rotatable bonds is 4. The zero-order valence-corrected chi connectivity index (χ0v) is 6.07. The number of carbonyl (C=O) groups is 1. The largest absolute Gasteiger partial charge is 0.480 e. The predicted octanol–water partition coefficient (Wildman–Crippen LogP) is 0.466. The SMILES string of the molecule is C=CON(C)C(C)C(=O)O. The van der Waals surface area contributed by atoms with Crippen LogP contribution in [0.15, 0.2) is 12.8 Å². The summed E-state index contributed by atoms with van der Waals surface area (Å²) >= 11 is 0. The molecular formula is C6H11NO3. The van der Waals surface area contributed by atoms with Crippen LogP contribution in [-0.4, -0.2) is 29.2 Å². The quantitative estimate of drug-likeness (QED) is 0.461. The third kappa shape index (κ3) is 2.50. The fraction of sp³-hybridized carbons (Fsp3) is 0.500. The van der Waals surface area contributed by atoms with Crippen molar-refractivity contribution < 1.29 is 14.7 Å². The van der Waals surface area contributed by atoms with Crippen LogP contribution in [0.5, 0.6) is 0 Å². The number of nitrogens with zero attached hydrogens (tertiary/aromatic N) is 1. The van der Waals surface area contributed by atoms with E-state index in [9.17, 15) is 4.79 Å². The third-order valence-corrected chi connectivity index (χ3v) is 1.14. The molecule has 0 radical (unpaired) electrons. The lowest BCUT2D eigenvalue weighted by Gasteiger charge is -2.18. The number of hydrogen-bond donors (Lipinski definition) is 1. The van der Waals surface area contributed by atoms with E-state index in [1.165, 1.54) is 25.3 Å². The summed E-state index contributed by atoms with van der Waals surface area (Å²) in [6, 6.07) is -0.655. The molecule has 0 saturated heterocycles. The average molecular weight is 145 g/mol. The smallest absolute Gasteiger partial charge is 0.324 e. The van der Waals surface area contributed by atoms with Crippen LogP contribution < -0.4 is 0 Å². The topological polar surface area (TPSA) is 49.8 Å². The molecule has 1 N–H and O–H groups in total. The Balaban J connectivity index is 3.80. The van der Waals surface area contributed by atoms with E-state index < -0.39 is 12.0 Å². The van der Waals surface area contributed by atoms with Crippen molar-refractivity contribution in [3.63, 3.8) is 0 Å². The van der Waals surface area contributed by atoms with Gasteiger partial charge in [-0.15, -0.1) is 5.06 Å². The monoisotopic (exact) mass is 145 g/mol. The molecule has 4 nitrogen and oxygen atoms in total. The first kappa shape index (κ1) is 8.97. The first-order valence-corrected chi connectivity index (χ1v) is 2.83. The average Bonchev–Trinajstić information content (AvgIpc) is 1.87. The Kier molecular flexibility index (Phi) is 3.49. The summed E-state index contributed by atoms with van der Waals surface area (Å²) in [6.45, 7) is 4.81. The molecule has 0 bridgehead atoms. The van der Waals surface area contributed by atoms with Crippen molar-refractivity contribution in [3.8, 4) is 0 Å². The van der Waals surface area contributed by atoms with E-state index >= 15 is 0 Å². The fourth-order valence-electron chi connectivity index (χ4n) is 0.364. The second-order valence-electron chi connectivity index (χ2n) is 1.83. The van der Waals surface area contributed by atoms with Crippen molar-refractivity contribution in [1.29, 1.82) is 0 Å². The zero-order valence-electron chi connectivity index (χ0n) is 6.07. The second kappa shape index (κ2) is 3.90. The maximum absolute atomic E-state index is 10.3. The van der Waals surface area contributed by atoms with Gasteiger partial charge < -0.3 is 9.94 Å². The summed E-state index contributed by atoms with van der Waals surface area (Å²) in [4.78, 5) is 14.9. The molecule has 0 aromatic rings. The number of hydroxylamine groups is 2. The molecule has 0 aliphatic rings. The lowest BCUT2D eigenvalue weighted by Crippen LogP contribution is -2.34. The van der Waals surface area contributed by atoms with Gasteiger partial charge in [-0.2, -0.15) is 0 Å². The molecule has 1 unspecified atom stereocenters. The highest BCUT2D eigenvalue weighted by Crippen LogP contribution is 1.95. The van der Waals surface area contributed by atoms with Gasteiger partial charge in [-0.25, -0.2) is 0 Å². The van der Waals surface area contributed by atoms with Crippen molar-refractivity contribution in [1.82, 2.24) is 5.06 Å². The Morgan fingerprint density at radius 2 is 2.40 bits per heavy atom. The molecule has 0 spiro atoms. The predicted molar refractivity (Wildman–Crippen MR) is 36.1 cm³/mol. The Hall–Kier alpha value is -1.03. The molecular weight excluding hydrogens is 134 g/mol. The van der Waals surface area contributed by atoms with Gasteiger partial charge in [0.2, 0.25) is 0 Å². The van der Waals surface area contributed by atoms with E-state index in [0.29, 0.717) is 0 Å². The normalized spacial score (nSPS) is 12.7. The molecule has 0 fully saturated rings. The van der Waals surface area contributed by atoms with Crippen LogP contribution in [0, 0.1) is 0 Å². The molecule has 0 rings (SSSR count). The highest BCUT2D eigenvalue weighted by molar-refractivity contribution is 5.72. The minimum atomic E-state index is -0.927. The van der Waals surface area contributed by atoms with Gasteiger partial charge in [0.25, 0.3) is 0 Å². The van der Waals surface area contributed by atoms with Gasteiger partial charge in [-0.1, -0.05) is 6.58 Å². The van der Waals surface area contributed by atoms with E-state index in [4.69, 9.17) is 5.11 Å². The van der Waals surface area contributed by atoms with Crippen molar-refractivity contribution in [2.24, 2.45) is 0 Å². The summed E-state index contributed by atoms with van der Waals surface area (Å²) < 4.78 is 0. The number of carboxylic acid groups (broad SMARTS) is 1. The highest BCUT2D eigenvalue weighted by atomic mass is 16.7. The summed E-state index contributed by atoms with van der Waals surface area (Å²) in [5.41, 5.74) is 0. The van der Waals surface area contributed by atoms with E-state index in [-0.39, 0.29) is 0 Å². The minimum Gasteiger partial charge on any atom is -0.480 e. The zero-order chi connectivity index (χ0) is 8.15. The molecule has 58 valence electrons. The van der Waals surface area contributed by atoms with Crippen molar-refractivity contribution in [2.75, 3.05) is 7.05 Å². The molecule has 4 heteroatoms. The van der Waals surface area contributed by atoms with Gasteiger partial charge in [0.15, 0.2) is 0 Å². The third-order valence-electron chi connectivity index (χ3n) is 1.14. The highest BCUT2D eigenvalue weighted by Gasteiger charge is 2.16. The molecule has 0 heterocycles. The van der Waals surface area contributed by atoms with E-state index in [1.54, 1.807) is 0 Å².